The molecule has 0 rings (SSSR count). The van der Waals surface area contributed by atoms with Gasteiger partial charge in [-0.15, -0.1) is 0 Å². The Morgan fingerprint density at radius 2 is 1.69 bits per heavy atom. The highest BCUT2D eigenvalue weighted by Gasteiger charge is 2.21. The van der Waals surface area contributed by atoms with E-state index in [0.29, 0.717) is 5.41 Å². The van der Waals surface area contributed by atoms with Crippen molar-refractivity contribution >= 4 is 5.91 Å². The molecule has 0 aromatic carbocycles. The molecule has 0 saturated heterocycles. The van der Waals surface area contributed by atoms with Crippen LogP contribution < -0.4 is 5.32 Å². The van der Waals surface area contributed by atoms with Gasteiger partial charge >= 0.3 is 0 Å². The monoisotopic (exact) mass is 185 g/mol. The second-order valence-electron chi connectivity index (χ2n) is 4.22. The van der Waals surface area contributed by atoms with Crippen LogP contribution >= 0.6 is 0 Å². The molecular formula is C11H23NO. The van der Waals surface area contributed by atoms with Gasteiger partial charge in [0.05, 0.1) is 0 Å². The van der Waals surface area contributed by atoms with Crippen molar-refractivity contribution in [3.8, 4) is 0 Å². The van der Waals surface area contributed by atoms with Crippen LogP contribution in [0.2, 0.25) is 0 Å². The third kappa shape index (κ3) is 5.67. The van der Waals surface area contributed by atoms with Crippen LogP contribution in [0.5, 0.6) is 0 Å². The minimum Gasteiger partial charge on any atom is -0.356 e. The maximum absolute atomic E-state index is 10.8. The van der Waals surface area contributed by atoms with Crippen LogP contribution in [0.15, 0.2) is 0 Å². The maximum Gasteiger partial charge on any atom is 0.216 e. The van der Waals surface area contributed by atoms with Gasteiger partial charge in [-0.2, -0.15) is 0 Å². The van der Waals surface area contributed by atoms with Crippen LogP contribution in [0.25, 0.3) is 0 Å². The summed E-state index contributed by atoms with van der Waals surface area (Å²) in [4.78, 5) is 10.8. The first-order chi connectivity index (χ1) is 6.04. The van der Waals surface area contributed by atoms with Gasteiger partial charge in [-0.1, -0.05) is 33.6 Å². The molecule has 0 fully saturated rings. The second kappa shape index (κ2) is 6.01. The van der Waals surface area contributed by atoms with Crippen LogP contribution in [-0.4, -0.2) is 12.5 Å². The van der Waals surface area contributed by atoms with Gasteiger partial charge in [0.2, 0.25) is 5.91 Å². The van der Waals surface area contributed by atoms with Crippen LogP contribution in [0.3, 0.4) is 0 Å². The van der Waals surface area contributed by atoms with Gasteiger partial charge in [0.15, 0.2) is 0 Å². The third-order valence-electron chi connectivity index (χ3n) is 2.47. The van der Waals surface area contributed by atoms with Crippen molar-refractivity contribution in [2.24, 2.45) is 5.41 Å². The molecule has 0 radical (unpaired) electrons. The highest BCUT2D eigenvalue weighted by Crippen LogP contribution is 2.27. The van der Waals surface area contributed by atoms with E-state index in [-0.39, 0.29) is 5.91 Å². The summed E-state index contributed by atoms with van der Waals surface area (Å²) in [6.07, 6.45) is 4.77. The fraction of sp³-hybridized carbons (Fsp3) is 0.909. The fourth-order valence-corrected chi connectivity index (χ4v) is 1.85. The summed E-state index contributed by atoms with van der Waals surface area (Å²) in [5.41, 5.74) is 0.301. The summed E-state index contributed by atoms with van der Waals surface area (Å²) in [5.74, 6) is 0.0819. The van der Waals surface area contributed by atoms with Gasteiger partial charge in [0.1, 0.15) is 0 Å². The average molecular weight is 185 g/mol. The Hall–Kier alpha value is -0.530. The van der Waals surface area contributed by atoms with E-state index in [1.54, 1.807) is 6.92 Å². The first-order valence-corrected chi connectivity index (χ1v) is 5.28. The minimum atomic E-state index is 0.0819. The SMILES string of the molecule is CCCC(C)(CCC)CNC(C)=O. The molecule has 0 aromatic rings. The highest BCUT2D eigenvalue weighted by molar-refractivity contribution is 5.72. The zero-order chi connectivity index (χ0) is 10.3. The van der Waals surface area contributed by atoms with Crippen LogP contribution in [-0.2, 0) is 4.79 Å². The molecule has 78 valence electrons. The lowest BCUT2D eigenvalue weighted by molar-refractivity contribution is -0.119. The molecule has 0 unspecified atom stereocenters. The Balaban J connectivity index is 3.98. The van der Waals surface area contributed by atoms with E-state index >= 15 is 0 Å². The molecule has 0 bridgehead atoms. The molecule has 0 atom stereocenters. The zero-order valence-corrected chi connectivity index (χ0v) is 9.44. The first kappa shape index (κ1) is 12.5. The molecule has 2 nitrogen and oxygen atoms in total. The number of carbonyl (C=O) groups excluding carboxylic acids is 1. The molecule has 13 heavy (non-hydrogen) atoms. The Kier molecular flexibility index (Phi) is 5.76. The lowest BCUT2D eigenvalue weighted by Gasteiger charge is -2.29. The van der Waals surface area contributed by atoms with Gasteiger partial charge < -0.3 is 5.32 Å². The highest BCUT2D eigenvalue weighted by atomic mass is 16.1. The van der Waals surface area contributed by atoms with Crippen LogP contribution in [0.4, 0.5) is 0 Å². The van der Waals surface area contributed by atoms with E-state index < -0.39 is 0 Å². The number of hydrogen-bond acceptors (Lipinski definition) is 1. The quantitative estimate of drug-likeness (QED) is 0.677. The molecule has 2 heteroatoms. The first-order valence-electron chi connectivity index (χ1n) is 5.28. The molecule has 0 saturated carbocycles. The van der Waals surface area contributed by atoms with Gasteiger partial charge in [-0.3, -0.25) is 4.79 Å². The standard InChI is InChI=1S/C11H23NO/c1-5-7-11(4,8-6-2)9-12-10(3)13/h5-9H2,1-4H3,(H,12,13). The lowest BCUT2D eigenvalue weighted by Crippen LogP contribution is -2.34. The molecule has 0 heterocycles. The minimum absolute atomic E-state index is 0.0819. The largest absolute Gasteiger partial charge is 0.356 e. The number of amides is 1. The van der Waals surface area contributed by atoms with E-state index in [4.69, 9.17) is 0 Å². The van der Waals surface area contributed by atoms with E-state index in [9.17, 15) is 4.79 Å². The number of nitrogens with one attached hydrogen (secondary N) is 1. The van der Waals surface area contributed by atoms with E-state index in [1.807, 2.05) is 0 Å². The molecular weight excluding hydrogens is 162 g/mol. The maximum atomic E-state index is 10.8. The summed E-state index contributed by atoms with van der Waals surface area (Å²) >= 11 is 0. The van der Waals surface area contributed by atoms with Crippen molar-refractivity contribution in [3.63, 3.8) is 0 Å². The molecule has 0 spiro atoms. The molecule has 0 aliphatic heterocycles. The van der Waals surface area contributed by atoms with Gasteiger partial charge in [-0.05, 0) is 18.3 Å². The van der Waals surface area contributed by atoms with Gasteiger partial charge in [-0.25, -0.2) is 0 Å². The summed E-state index contributed by atoms with van der Waals surface area (Å²) in [7, 11) is 0. The zero-order valence-electron chi connectivity index (χ0n) is 9.44. The van der Waals surface area contributed by atoms with Crippen LogP contribution in [0.1, 0.15) is 53.4 Å². The smallest absolute Gasteiger partial charge is 0.216 e. The Labute approximate surface area is 82.1 Å². The molecule has 0 aliphatic carbocycles. The lowest BCUT2D eigenvalue weighted by atomic mass is 9.81. The van der Waals surface area contributed by atoms with Crippen molar-refractivity contribution in [3.05, 3.63) is 0 Å². The van der Waals surface area contributed by atoms with Crippen molar-refractivity contribution in [1.29, 1.82) is 0 Å². The van der Waals surface area contributed by atoms with Gasteiger partial charge in [0, 0.05) is 13.5 Å². The average Bonchev–Trinajstić information content (AvgIpc) is 2.02. The molecule has 1 amide bonds. The Morgan fingerprint density at radius 3 is 2.00 bits per heavy atom. The van der Waals surface area contributed by atoms with Gasteiger partial charge in [0.25, 0.3) is 0 Å². The summed E-state index contributed by atoms with van der Waals surface area (Å²) in [6.45, 7) is 9.06. The summed E-state index contributed by atoms with van der Waals surface area (Å²) in [5, 5.41) is 2.92. The summed E-state index contributed by atoms with van der Waals surface area (Å²) in [6, 6.07) is 0. The van der Waals surface area contributed by atoms with Crippen molar-refractivity contribution in [2.75, 3.05) is 6.54 Å². The predicted octanol–water partition coefficient (Wildman–Crippen LogP) is 2.73. The summed E-state index contributed by atoms with van der Waals surface area (Å²) < 4.78 is 0. The predicted molar refractivity (Wildman–Crippen MR) is 56.6 cm³/mol. The van der Waals surface area contributed by atoms with E-state index in [2.05, 4.69) is 26.1 Å². The van der Waals surface area contributed by atoms with E-state index in [0.717, 1.165) is 6.54 Å². The Morgan fingerprint density at radius 1 is 1.23 bits per heavy atom. The normalized spacial score (nSPS) is 11.4. The van der Waals surface area contributed by atoms with Crippen molar-refractivity contribution < 1.29 is 4.79 Å². The number of hydrogen-bond donors (Lipinski definition) is 1. The van der Waals surface area contributed by atoms with E-state index in [1.165, 1.54) is 25.7 Å². The molecule has 0 aliphatic rings. The van der Waals surface area contributed by atoms with Crippen molar-refractivity contribution in [1.82, 2.24) is 5.32 Å². The molecule has 0 aromatic heterocycles. The third-order valence-corrected chi connectivity index (χ3v) is 2.47. The fourth-order valence-electron chi connectivity index (χ4n) is 1.85. The second-order valence-corrected chi connectivity index (χ2v) is 4.22. The number of carbonyl (C=O) groups is 1. The number of rotatable bonds is 6. The topological polar surface area (TPSA) is 29.1 Å². The Bertz CT molecular complexity index is 148. The molecule has 1 N–H and O–H groups in total. The van der Waals surface area contributed by atoms with Crippen LogP contribution in [0, 0.1) is 5.41 Å². The van der Waals surface area contributed by atoms with Crippen molar-refractivity contribution in [2.45, 2.75) is 53.4 Å².